The molecule has 26 heavy (non-hydrogen) atoms. The smallest absolute Gasteiger partial charge is 0.184 e. The number of rotatable bonds is 5. The second-order valence-corrected chi connectivity index (χ2v) is 8.49. The van der Waals surface area contributed by atoms with Crippen molar-refractivity contribution in [3.63, 3.8) is 0 Å². The molecule has 1 fully saturated rings. The Bertz CT molecular complexity index is 690. The number of nitrogens with one attached hydrogen (secondary N) is 1. The van der Waals surface area contributed by atoms with Crippen molar-refractivity contribution in [3.05, 3.63) is 29.3 Å². The van der Waals surface area contributed by atoms with Gasteiger partial charge in [-0.05, 0) is 85.3 Å². The summed E-state index contributed by atoms with van der Waals surface area (Å²) in [6.07, 6.45) is 9.27. The molecule has 0 amide bonds. The molecule has 3 N–H and O–H groups in total. The Labute approximate surface area is 162 Å². The lowest BCUT2D eigenvalue weighted by Gasteiger charge is -2.50. The minimum atomic E-state index is 0.0962. The summed E-state index contributed by atoms with van der Waals surface area (Å²) < 4.78 is 5.43. The van der Waals surface area contributed by atoms with Gasteiger partial charge in [0.05, 0.1) is 7.11 Å². The Morgan fingerprint density at radius 2 is 2.27 bits per heavy atom. The first kappa shape index (κ1) is 19.2. The molecule has 4 atom stereocenters. The molecule has 0 aliphatic heterocycles. The number of hydrazone groups is 1. The van der Waals surface area contributed by atoms with Gasteiger partial charge in [-0.25, -0.2) is 0 Å². The van der Waals surface area contributed by atoms with Crippen LogP contribution in [0, 0.1) is 17.3 Å². The normalized spacial score (nSPS) is 30.5. The highest BCUT2D eigenvalue weighted by Crippen LogP contribution is 2.55. The number of benzene rings is 1. The maximum absolute atomic E-state index is 5.52. The van der Waals surface area contributed by atoms with Crippen molar-refractivity contribution < 1.29 is 4.74 Å². The lowest BCUT2D eigenvalue weighted by atomic mass is 9.54. The number of aryl methyl sites for hydroxylation is 1. The molecule has 2 aliphatic carbocycles. The second-order valence-electron chi connectivity index (χ2n) is 8.05. The van der Waals surface area contributed by atoms with Crippen molar-refractivity contribution in [1.29, 1.82) is 0 Å². The fraction of sp³-hybridized carbons (Fsp3) is 0.619. The summed E-state index contributed by atoms with van der Waals surface area (Å²) in [5.74, 6) is 2.99. The molecule has 0 saturated heterocycles. The minimum absolute atomic E-state index is 0.0962. The third kappa shape index (κ3) is 3.73. The van der Waals surface area contributed by atoms with Gasteiger partial charge >= 0.3 is 0 Å². The van der Waals surface area contributed by atoms with Gasteiger partial charge in [0.1, 0.15) is 5.75 Å². The molecular formula is C21H31N3OS. The molecule has 5 heteroatoms. The molecule has 1 aromatic rings. The van der Waals surface area contributed by atoms with Crippen LogP contribution in [0.25, 0.3) is 0 Å². The van der Waals surface area contributed by atoms with E-state index in [9.17, 15) is 0 Å². The van der Waals surface area contributed by atoms with Gasteiger partial charge in [-0.2, -0.15) is 5.10 Å². The zero-order valence-electron chi connectivity index (χ0n) is 16.1. The van der Waals surface area contributed by atoms with Crippen molar-refractivity contribution in [2.45, 2.75) is 58.3 Å². The molecule has 0 radical (unpaired) electrons. The van der Waals surface area contributed by atoms with Crippen LogP contribution in [0.4, 0.5) is 0 Å². The molecule has 1 aromatic carbocycles. The van der Waals surface area contributed by atoms with Crippen LogP contribution < -0.4 is 15.9 Å². The van der Waals surface area contributed by atoms with E-state index in [1.54, 1.807) is 12.7 Å². The second kappa shape index (κ2) is 7.95. The third-order valence-corrected chi connectivity index (χ3v) is 6.60. The van der Waals surface area contributed by atoms with Gasteiger partial charge in [0.2, 0.25) is 0 Å². The summed E-state index contributed by atoms with van der Waals surface area (Å²) in [6, 6.07) is 6.67. The number of nitrogens with zero attached hydrogens (tertiary/aromatic N) is 1. The lowest BCUT2D eigenvalue weighted by molar-refractivity contribution is 0.0781. The summed E-state index contributed by atoms with van der Waals surface area (Å²) in [5.41, 5.74) is 11.4. The first-order valence-electron chi connectivity index (χ1n) is 9.75. The van der Waals surface area contributed by atoms with E-state index in [-0.39, 0.29) is 10.5 Å². The predicted octanol–water partition coefficient (Wildman–Crippen LogP) is 4.38. The Kier molecular flexibility index (Phi) is 5.86. The zero-order valence-corrected chi connectivity index (χ0v) is 16.9. The maximum Gasteiger partial charge on any atom is 0.184 e. The van der Waals surface area contributed by atoms with Crippen molar-refractivity contribution in [3.8, 4) is 5.75 Å². The van der Waals surface area contributed by atoms with Crippen LogP contribution >= 0.6 is 12.2 Å². The van der Waals surface area contributed by atoms with Crippen molar-refractivity contribution in [2.75, 3.05) is 7.11 Å². The first-order valence-corrected chi connectivity index (χ1v) is 10.2. The van der Waals surface area contributed by atoms with Crippen LogP contribution in [0.5, 0.6) is 5.75 Å². The van der Waals surface area contributed by atoms with E-state index >= 15 is 0 Å². The molecule has 0 unspecified atom stereocenters. The largest absolute Gasteiger partial charge is 0.497 e. The average molecular weight is 374 g/mol. The number of hydrogen-bond acceptors (Lipinski definition) is 3. The molecular weight excluding hydrogens is 342 g/mol. The molecule has 0 bridgehead atoms. The van der Waals surface area contributed by atoms with Gasteiger partial charge in [0.25, 0.3) is 0 Å². The number of fused-ring (bicyclic) bond motifs is 3. The van der Waals surface area contributed by atoms with Crippen molar-refractivity contribution >= 4 is 23.5 Å². The fourth-order valence-corrected chi connectivity index (χ4v) is 5.34. The first-order chi connectivity index (χ1) is 12.5. The number of thiocarbonyl (C=S) groups is 1. The Morgan fingerprint density at radius 1 is 1.46 bits per heavy atom. The molecule has 142 valence electrons. The molecule has 3 rings (SSSR count). The molecule has 4 nitrogen and oxygen atoms in total. The summed E-state index contributed by atoms with van der Waals surface area (Å²) in [6.45, 7) is 4.65. The van der Waals surface area contributed by atoms with Crippen LogP contribution in [0.1, 0.15) is 63.0 Å². The molecule has 1 saturated carbocycles. The van der Waals surface area contributed by atoms with Crippen molar-refractivity contribution in [2.24, 2.45) is 28.1 Å². The third-order valence-electron chi connectivity index (χ3n) is 6.51. The van der Waals surface area contributed by atoms with E-state index in [0.29, 0.717) is 17.8 Å². The number of hydrogen-bond donors (Lipinski definition) is 2. The van der Waals surface area contributed by atoms with Crippen LogP contribution in [0.2, 0.25) is 0 Å². The Hall–Kier alpha value is -1.62. The van der Waals surface area contributed by atoms with Crippen LogP contribution in [0.3, 0.4) is 0 Å². The molecule has 0 spiro atoms. The highest BCUT2D eigenvalue weighted by atomic mass is 32.1. The topological polar surface area (TPSA) is 59.6 Å². The number of nitrogens with two attached hydrogens (primary N) is 1. The minimum Gasteiger partial charge on any atom is -0.497 e. The van der Waals surface area contributed by atoms with Gasteiger partial charge in [-0.15, -0.1) is 0 Å². The van der Waals surface area contributed by atoms with E-state index in [1.165, 1.54) is 31.2 Å². The maximum atomic E-state index is 5.52. The summed E-state index contributed by atoms with van der Waals surface area (Å²) in [7, 11) is 1.75. The van der Waals surface area contributed by atoms with E-state index in [2.05, 4.69) is 48.8 Å². The van der Waals surface area contributed by atoms with Gasteiger partial charge in [-0.3, -0.25) is 5.43 Å². The SMILES string of the molecule is CCC[C@H]1[C@@H]2CCc3cc(OC)ccc3[C@H]2CC[C@]1(C)/C=N/NC(N)=S. The summed E-state index contributed by atoms with van der Waals surface area (Å²) in [4.78, 5) is 0. The van der Waals surface area contributed by atoms with E-state index in [4.69, 9.17) is 22.7 Å². The van der Waals surface area contributed by atoms with Gasteiger partial charge in [-0.1, -0.05) is 26.3 Å². The quantitative estimate of drug-likeness (QED) is 0.457. The Balaban J connectivity index is 1.87. The fourth-order valence-electron chi connectivity index (χ4n) is 5.29. The monoisotopic (exact) mass is 373 g/mol. The molecule has 2 aliphatic rings. The molecule has 0 aromatic heterocycles. The summed E-state index contributed by atoms with van der Waals surface area (Å²) >= 11 is 4.88. The van der Waals surface area contributed by atoms with E-state index in [0.717, 1.165) is 18.6 Å². The summed E-state index contributed by atoms with van der Waals surface area (Å²) in [5, 5.41) is 4.57. The standard InChI is InChI=1S/C21H31N3OS/c1-4-5-19-18-8-6-14-12-15(25-3)7-9-16(14)17(18)10-11-21(19,2)13-23-24-20(22)26/h7,9,12-13,17-19H,4-6,8,10-11H2,1-3H3,(H3,22,24,26)/b23-13+/t17-,18-,19+,21-/m1/s1. The number of ether oxygens (including phenoxy) is 1. The van der Waals surface area contributed by atoms with Gasteiger partial charge in [0.15, 0.2) is 5.11 Å². The lowest BCUT2D eigenvalue weighted by Crippen LogP contribution is -2.44. The van der Waals surface area contributed by atoms with Crippen LogP contribution in [-0.4, -0.2) is 18.4 Å². The molecule has 0 heterocycles. The van der Waals surface area contributed by atoms with E-state index < -0.39 is 0 Å². The predicted molar refractivity (Wildman–Crippen MR) is 112 cm³/mol. The highest BCUT2D eigenvalue weighted by Gasteiger charge is 2.47. The van der Waals surface area contributed by atoms with Crippen LogP contribution in [-0.2, 0) is 6.42 Å². The van der Waals surface area contributed by atoms with E-state index in [1.807, 2.05) is 0 Å². The zero-order chi connectivity index (χ0) is 18.7. The number of methoxy groups -OCH3 is 1. The highest BCUT2D eigenvalue weighted by molar-refractivity contribution is 7.80. The van der Waals surface area contributed by atoms with Crippen LogP contribution in [0.15, 0.2) is 23.3 Å². The van der Waals surface area contributed by atoms with Crippen molar-refractivity contribution in [1.82, 2.24) is 5.43 Å². The van der Waals surface area contributed by atoms with Gasteiger partial charge < -0.3 is 10.5 Å². The Morgan fingerprint density at radius 3 is 2.96 bits per heavy atom. The average Bonchev–Trinajstić information content (AvgIpc) is 2.63. The van der Waals surface area contributed by atoms with Gasteiger partial charge in [0, 0.05) is 11.6 Å².